The van der Waals surface area contributed by atoms with Gasteiger partial charge in [-0.3, -0.25) is 9.59 Å². The van der Waals surface area contributed by atoms with E-state index in [9.17, 15) is 31.2 Å². The molecule has 0 aliphatic carbocycles. The van der Waals surface area contributed by atoms with E-state index in [4.69, 9.17) is 11.5 Å². The molecule has 0 aliphatic rings. The minimum absolute atomic E-state index is 0.187. The topological polar surface area (TPSA) is 132 Å². The maximum atomic E-state index is 12.8. The molecular weight excluding hydrogens is 327 g/mol. The molecule has 0 unspecified atom stereocenters. The third-order valence-corrected chi connectivity index (χ3v) is 4.09. The van der Waals surface area contributed by atoms with Gasteiger partial charge >= 0.3 is 6.18 Å². The van der Waals surface area contributed by atoms with Crippen LogP contribution in [0.5, 0.6) is 0 Å². The molecule has 0 bridgehead atoms. The molecule has 5 N–H and O–H groups in total. The van der Waals surface area contributed by atoms with Crippen LogP contribution in [0.3, 0.4) is 0 Å². The molecule has 7 nitrogen and oxygen atoms in total. The monoisotopic (exact) mass is 339 g/mol. The van der Waals surface area contributed by atoms with Crippen LogP contribution in [0.1, 0.15) is 11.1 Å². The highest BCUT2D eigenvalue weighted by molar-refractivity contribution is 7.89. The summed E-state index contributed by atoms with van der Waals surface area (Å²) in [6.45, 7) is 1.16. The number of aryl methyl sites for hydroxylation is 1. The second-order valence-corrected chi connectivity index (χ2v) is 6.05. The first-order valence-corrected chi connectivity index (χ1v) is 7.13. The van der Waals surface area contributed by atoms with Crippen LogP contribution in [0.4, 0.5) is 13.2 Å². The molecular formula is C11H12F3N3O4S. The lowest BCUT2D eigenvalue weighted by Crippen LogP contribution is -2.52. The number of hydrogen-bond donors (Lipinski definition) is 3. The van der Waals surface area contributed by atoms with E-state index in [0.29, 0.717) is 6.07 Å². The number of carbonyl (C=O) groups is 2. The fraction of sp³-hybridized carbons (Fsp3) is 0.273. The van der Waals surface area contributed by atoms with Crippen LogP contribution >= 0.6 is 0 Å². The molecule has 0 heterocycles. The molecule has 1 aromatic carbocycles. The summed E-state index contributed by atoms with van der Waals surface area (Å²) < 4.78 is 63.8. The summed E-state index contributed by atoms with van der Waals surface area (Å²) in [5, 5.41) is 0. The summed E-state index contributed by atoms with van der Waals surface area (Å²) in [4.78, 5) is 21.1. The molecule has 22 heavy (non-hydrogen) atoms. The first kappa shape index (κ1) is 17.9. The highest BCUT2D eigenvalue weighted by Gasteiger charge is 2.35. The fourth-order valence-electron chi connectivity index (χ4n) is 1.55. The zero-order valence-corrected chi connectivity index (χ0v) is 12.0. The quantitative estimate of drug-likeness (QED) is 0.631. The lowest BCUT2D eigenvalue weighted by atomic mass is 10.1. The van der Waals surface area contributed by atoms with Crippen molar-refractivity contribution >= 4 is 21.8 Å². The van der Waals surface area contributed by atoms with Gasteiger partial charge in [0.1, 0.15) is 0 Å². The number of alkyl halides is 3. The number of carbonyl (C=O) groups excluding carboxylic acids is 2. The van der Waals surface area contributed by atoms with Crippen LogP contribution in [0.25, 0.3) is 0 Å². The minimum atomic E-state index is -4.76. The number of amides is 2. The van der Waals surface area contributed by atoms with E-state index in [1.165, 1.54) is 0 Å². The van der Waals surface area contributed by atoms with E-state index in [1.54, 1.807) is 4.72 Å². The Hall–Kier alpha value is -2.14. The predicted octanol–water partition coefficient (Wildman–Crippen LogP) is -0.369. The molecule has 1 aromatic rings. The van der Waals surface area contributed by atoms with Gasteiger partial charge in [0.05, 0.1) is 10.5 Å². The minimum Gasteiger partial charge on any atom is -0.368 e. The lowest BCUT2D eigenvalue weighted by Gasteiger charge is -2.15. The van der Waals surface area contributed by atoms with Gasteiger partial charge in [-0.15, -0.1) is 0 Å². The number of hydrogen-bond acceptors (Lipinski definition) is 4. The van der Waals surface area contributed by atoms with Gasteiger partial charge in [-0.2, -0.15) is 17.9 Å². The van der Waals surface area contributed by atoms with Crippen molar-refractivity contribution in [1.29, 1.82) is 0 Å². The predicted molar refractivity (Wildman–Crippen MR) is 68.7 cm³/mol. The first-order valence-electron chi connectivity index (χ1n) is 5.65. The molecule has 0 atom stereocenters. The van der Waals surface area contributed by atoms with E-state index in [1.807, 2.05) is 0 Å². The second-order valence-electron chi connectivity index (χ2n) is 4.33. The van der Waals surface area contributed by atoms with Crippen molar-refractivity contribution in [3.05, 3.63) is 29.3 Å². The largest absolute Gasteiger partial charge is 0.416 e. The number of nitrogens with one attached hydrogen (secondary N) is 1. The number of halogens is 3. The summed E-state index contributed by atoms with van der Waals surface area (Å²) in [5.74, 6) is -2.75. The third kappa shape index (κ3) is 3.95. The van der Waals surface area contributed by atoms with Crippen LogP contribution < -0.4 is 16.2 Å². The van der Waals surface area contributed by atoms with E-state index in [2.05, 4.69) is 0 Å². The first-order chi connectivity index (χ1) is 9.86. The summed E-state index contributed by atoms with van der Waals surface area (Å²) >= 11 is 0. The number of primary amides is 2. The van der Waals surface area contributed by atoms with Crippen molar-refractivity contribution < 1.29 is 31.2 Å². The van der Waals surface area contributed by atoms with E-state index < -0.39 is 44.5 Å². The molecule has 0 saturated heterocycles. The molecule has 11 heteroatoms. The molecule has 0 radical (unpaired) electrons. The molecule has 0 saturated carbocycles. The van der Waals surface area contributed by atoms with Crippen molar-refractivity contribution in [2.24, 2.45) is 11.5 Å². The Bertz CT molecular complexity index is 702. The summed E-state index contributed by atoms with van der Waals surface area (Å²) in [5.41, 5.74) is 8.25. The zero-order chi connectivity index (χ0) is 17.3. The Kier molecular flexibility index (Phi) is 4.82. The fourth-order valence-corrected chi connectivity index (χ4v) is 2.75. The number of nitrogens with two attached hydrogens (primary N) is 2. The van der Waals surface area contributed by atoms with E-state index >= 15 is 0 Å². The average molecular weight is 339 g/mol. The van der Waals surface area contributed by atoms with Crippen LogP contribution in [-0.4, -0.2) is 26.3 Å². The van der Waals surface area contributed by atoms with Gasteiger partial charge in [-0.25, -0.2) is 8.42 Å². The van der Waals surface area contributed by atoms with E-state index in [-0.39, 0.29) is 5.56 Å². The van der Waals surface area contributed by atoms with Gasteiger partial charge in [0.2, 0.25) is 21.8 Å². The molecule has 0 spiro atoms. The molecule has 122 valence electrons. The molecule has 0 aromatic heterocycles. The van der Waals surface area contributed by atoms with E-state index in [0.717, 1.165) is 19.1 Å². The number of benzene rings is 1. The Morgan fingerprint density at radius 2 is 1.68 bits per heavy atom. The summed E-state index contributed by atoms with van der Waals surface area (Å²) in [6.07, 6.45) is -4.76. The third-order valence-electron chi connectivity index (χ3n) is 2.67. The molecule has 2 amide bonds. The van der Waals surface area contributed by atoms with Crippen molar-refractivity contribution in [1.82, 2.24) is 4.72 Å². The highest BCUT2D eigenvalue weighted by Crippen LogP contribution is 2.33. The van der Waals surface area contributed by atoms with Crippen molar-refractivity contribution in [3.8, 4) is 0 Å². The van der Waals surface area contributed by atoms with Gasteiger partial charge in [0, 0.05) is 0 Å². The van der Waals surface area contributed by atoms with Crippen molar-refractivity contribution in [3.63, 3.8) is 0 Å². The number of sulfonamides is 1. The average Bonchev–Trinajstić information content (AvgIpc) is 2.34. The Morgan fingerprint density at radius 1 is 1.18 bits per heavy atom. The van der Waals surface area contributed by atoms with Gasteiger partial charge in [0.15, 0.2) is 6.04 Å². The van der Waals surface area contributed by atoms with Gasteiger partial charge < -0.3 is 11.5 Å². The maximum absolute atomic E-state index is 12.8. The summed E-state index contributed by atoms with van der Waals surface area (Å²) in [6, 6.07) is 0.157. The maximum Gasteiger partial charge on any atom is 0.416 e. The molecule has 0 fully saturated rings. The lowest BCUT2D eigenvalue weighted by molar-refractivity contribution is -0.138. The van der Waals surface area contributed by atoms with Gasteiger partial charge in [-0.1, -0.05) is 6.07 Å². The zero-order valence-electron chi connectivity index (χ0n) is 11.1. The second kappa shape index (κ2) is 5.93. The van der Waals surface area contributed by atoms with Gasteiger partial charge in [0.25, 0.3) is 0 Å². The Balaban J connectivity index is 3.30. The Labute approximate surface area is 123 Å². The normalized spacial score (nSPS) is 12.4. The number of rotatable bonds is 5. The van der Waals surface area contributed by atoms with Crippen LogP contribution in [0.2, 0.25) is 0 Å². The SMILES string of the molecule is Cc1ccc(S(=O)(=O)NC(C(N)=O)C(N)=O)cc1C(F)(F)F. The standard InChI is InChI=1S/C11H12F3N3O4S/c1-5-2-3-6(4-7(5)11(12,13)14)22(20,21)17-8(9(15)18)10(16)19/h2-4,8,17H,1H3,(H2,15,18)(H2,16,19). The van der Waals surface area contributed by atoms with Crippen LogP contribution in [-0.2, 0) is 25.8 Å². The van der Waals surface area contributed by atoms with Crippen molar-refractivity contribution in [2.75, 3.05) is 0 Å². The highest BCUT2D eigenvalue weighted by atomic mass is 32.2. The molecule has 0 aliphatic heterocycles. The van der Waals surface area contributed by atoms with Crippen LogP contribution in [0, 0.1) is 6.92 Å². The van der Waals surface area contributed by atoms with Crippen molar-refractivity contribution in [2.45, 2.75) is 24.0 Å². The van der Waals surface area contributed by atoms with Gasteiger partial charge in [-0.05, 0) is 24.6 Å². The smallest absolute Gasteiger partial charge is 0.368 e. The Morgan fingerprint density at radius 3 is 2.09 bits per heavy atom. The van der Waals surface area contributed by atoms with Crippen LogP contribution in [0.15, 0.2) is 23.1 Å². The summed E-state index contributed by atoms with van der Waals surface area (Å²) in [7, 11) is -4.60. The molecule has 1 rings (SSSR count).